The smallest absolute Gasteiger partial charge is 0.327 e. The Morgan fingerprint density at radius 2 is 1.89 bits per heavy atom. The predicted octanol–water partition coefficient (Wildman–Crippen LogP) is 3.92. The zero-order valence-corrected chi connectivity index (χ0v) is 22.1. The van der Waals surface area contributed by atoms with Gasteiger partial charge in [-0.15, -0.1) is 0 Å². The fraction of sp³-hybridized carbons (Fsp3) is 0.429. The minimum absolute atomic E-state index is 0.0775. The van der Waals surface area contributed by atoms with Gasteiger partial charge in [-0.05, 0) is 68.1 Å². The number of likely N-dealkylation sites (N-methyl/N-ethyl adjacent to an activating group) is 1. The van der Waals surface area contributed by atoms with Gasteiger partial charge in [0.1, 0.15) is 17.5 Å². The van der Waals surface area contributed by atoms with Gasteiger partial charge in [0.2, 0.25) is 5.95 Å². The highest BCUT2D eigenvalue weighted by atomic mass is 16.2. The Balaban J connectivity index is 1.24. The van der Waals surface area contributed by atoms with Crippen molar-refractivity contribution in [3.8, 4) is 6.07 Å². The van der Waals surface area contributed by atoms with Crippen molar-refractivity contribution in [3.63, 3.8) is 0 Å². The number of nitrogens with one attached hydrogen (secondary N) is 2. The Kier molecular flexibility index (Phi) is 7.75. The lowest BCUT2D eigenvalue weighted by atomic mass is 10.1. The third kappa shape index (κ3) is 6.06. The minimum atomic E-state index is -0.0775. The van der Waals surface area contributed by atoms with E-state index in [4.69, 9.17) is 0 Å². The van der Waals surface area contributed by atoms with Gasteiger partial charge >= 0.3 is 6.03 Å². The van der Waals surface area contributed by atoms with E-state index in [1.807, 2.05) is 12.2 Å². The van der Waals surface area contributed by atoms with Gasteiger partial charge in [0.05, 0.1) is 6.20 Å². The summed E-state index contributed by atoms with van der Waals surface area (Å²) in [4.78, 5) is 29.5. The maximum absolute atomic E-state index is 12.4. The number of allylic oxidation sites excluding steroid dienone is 2. The molecule has 0 atom stereocenters. The molecule has 3 heterocycles. The second-order valence-corrected chi connectivity index (χ2v) is 10.1. The van der Waals surface area contributed by atoms with E-state index in [1.165, 1.54) is 24.1 Å². The maximum atomic E-state index is 12.4. The fourth-order valence-electron chi connectivity index (χ4n) is 4.73. The maximum Gasteiger partial charge on any atom is 0.327 e. The van der Waals surface area contributed by atoms with Crippen molar-refractivity contribution < 1.29 is 4.79 Å². The van der Waals surface area contributed by atoms with Gasteiger partial charge in [-0.25, -0.2) is 9.78 Å². The molecule has 0 bridgehead atoms. The second-order valence-electron chi connectivity index (χ2n) is 10.1. The number of hydrogen-bond acceptors (Lipinski definition) is 8. The SMILES string of the molecule is CN1CCN(c2ccc(Nc3ncc(C#N)c(NCCCN4C=CC=CN(C)C4=O)n3)c(C3CC3)c2)CC1. The first-order chi connectivity index (χ1) is 18.5. The molecule has 2 aliphatic heterocycles. The molecule has 2 N–H and O–H groups in total. The van der Waals surface area contributed by atoms with Crippen molar-refractivity contribution in [3.05, 3.63) is 60.1 Å². The van der Waals surface area contributed by atoms with Crippen LogP contribution < -0.4 is 15.5 Å². The molecule has 10 heteroatoms. The summed E-state index contributed by atoms with van der Waals surface area (Å²) in [5.74, 6) is 1.51. The summed E-state index contributed by atoms with van der Waals surface area (Å²) in [5, 5.41) is 16.2. The van der Waals surface area contributed by atoms with Gasteiger partial charge in [-0.1, -0.05) is 0 Å². The van der Waals surface area contributed by atoms with Gasteiger partial charge in [-0.3, -0.25) is 0 Å². The van der Waals surface area contributed by atoms with Crippen molar-refractivity contribution in [2.24, 2.45) is 0 Å². The lowest BCUT2D eigenvalue weighted by Gasteiger charge is -2.34. The molecule has 198 valence electrons. The van der Waals surface area contributed by atoms with E-state index in [0.29, 0.717) is 42.8 Å². The molecule has 1 aromatic carbocycles. The van der Waals surface area contributed by atoms with E-state index >= 15 is 0 Å². The first-order valence-electron chi connectivity index (χ1n) is 13.3. The van der Waals surface area contributed by atoms with Crippen molar-refractivity contribution in [1.82, 2.24) is 24.7 Å². The van der Waals surface area contributed by atoms with Crippen LogP contribution in [0.5, 0.6) is 0 Å². The molecule has 1 saturated heterocycles. The van der Waals surface area contributed by atoms with Crippen LogP contribution in [0, 0.1) is 11.3 Å². The quantitative estimate of drug-likeness (QED) is 0.487. The number of piperazine rings is 1. The third-order valence-corrected chi connectivity index (χ3v) is 7.18. The van der Waals surface area contributed by atoms with Gasteiger partial charge < -0.3 is 30.2 Å². The minimum Gasteiger partial charge on any atom is -0.369 e. The molecular formula is C28H35N9O. The molecule has 2 aromatic rings. The summed E-state index contributed by atoms with van der Waals surface area (Å²) in [5.41, 5.74) is 3.98. The predicted molar refractivity (Wildman–Crippen MR) is 149 cm³/mol. The first kappa shape index (κ1) is 25.5. The number of nitriles is 1. The Morgan fingerprint density at radius 3 is 2.66 bits per heavy atom. The van der Waals surface area contributed by atoms with Crippen LogP contribution in [0.4, 0.5) is 27.9 Å². The normalized spacial score (nSPS) is 17.9. The van der Waals surface area contributed by atoms with Crippen LogP contribution in [0.2, 0.25) is 0 Å². The molecule has 2 fully saturated rings. The van der Waals surface area contributed by atoms with Crippen LogP contribution in [0.3, 0.4) is 0 Å². The highest BCUT2D eigenvalue weighted by Gasteiger charge is 2.28. The number of carbonyl (C=O) groups is 1. The summed E-state index contributed by atoms with van der Waals surface area (Å²) in [6.07, 6.45) is 11.8. The lowest BCUT2D eigenvalue weighted by molar-refractivity contribution is 0.194. The molecular weight excluding hydrogens is 478 g/mol. The molecule has 1 saturated carbocycles. The van der Waals surface area contributed by atoms with Crippen molar-refractivity contribution in [1.29, 1.82) is 5.26 Å². The van der Waals surface area contributed by atoms with E-state index in [9.17, 15) is 10.1 Å². The van der Waals surface area contributed by atoms with E-state index in [-0.39, 0.29) is 6.03 Å². The number of rotatable bonds is 9. The fourth-order valence-corrected chi connectivity index (χ4v) is 4.73. The number of anilines is 4. The highest BCUT2D eigenvalue weighted by molar-refractivity contribution is 5.76. The lowest BCUT2D eigenvalue weighted by Crippen LogP contribution is -2.44. The monoisotopic (exact) mass is 513 g/mol. The van der Waals surface area contributed by atoms with Crippen molar-refractivity contribution in [2.45, 2.75) is 25.2 Å². The van der Waals surface area contributed by atoms with Gasteiger partial charge in [0.15, 0.2) is 0 Å². The average molecular weight is 514 g/mol. The molecule has 0 radical (unpaired) electrons. The molecule has 2 amide bonds. The molecule has 3 aliphatic rings. The zero-order valence-electron chi connectivity index (χ0n) is 22.1. The molecule has 0 unspecified atom stereocenters. The Bertz CT molecular complexity index is 1260. The van der Waals surface area contributed by atoms with Crippen molar-refractivity contribution >= 4 is 29.2 Å². The van der Waals surface area contributed by atoms with Crippen LogP contribution in [0.25, 0.3) is 0 Å². The number of aromatic nitrogens is 2. The topological polar surface area (TPSA) is 104 Å². The molecule has 5 rings (SSSR count). The Morgan fingerprint density at radius 1 is 1.11 bits per heavy atom. The second kappa shape index (κ2) is 11.5. The highest BCUT2D eigenvalue weighted by Crippen LogP contribution is 2.45. The number of benzene rings is 1. The molecule has 10 nitrogen and oxygen atoms in total. The van der Waals surface area contributed by atoms with E-state index in [0.717, 1.165) is 31.9 Å². The van der Waals surface area contributed by atoms with Crippen molar-refractivity contribution in [2.75, 3.05) is 68.9 Å². The Labute approximate surface area is 224 Å². The van der Waals surface area contributed by atoms with Crippen LogP contribution in [0.15, 0.2) is 48.9 Å². The molecule has 0 spiro atoms. The summed E-state index contributed by atoms with van der Waals surface area (Å²) >= 11 is 0. The van der Waals surface area contributed by atoms with Gasteiger partial charge in [-0.2, -0.15) is 10.2 Å². The average Bonchev–Trinajstić information content (AvgIpc) is 3.79. The molecule has 1 aromatic heterocycles. The summed E-state index contributed by atoms with van der Waals surface area (Å²) < 4.78 is 0. The standard InChI is InChI=1S/C28H35N9O/c1-34-14-16-36(17-15-34)23-8-9-25(24(18-23)21-6-7-21)32-27-31-20-22(19-29)26(33-27)30-10-5-13-37-12-4-3-11-35(2)28(37)38/h3-4,8-9,11-12,18,20-21H,5-7,10,13-17H2,1-2H3,(H2,30,31,32,33). The summed E-state index contributed by atoms with van der Waals surface area (Å²) in [6, 6.07) is 8.72. The van der Waals surface area contributed by atoms with Crippen LogP contribution >= 0.6 is 0 Å². The Hall–Kier alpha value is -4.10. The third-order valence-electron chi connectivity index (χ3n) is 7.18. The number of amides is 2. The van der Waals surface area contributed by atoms with E-state index in [2.05, 4.69) is 61.7 Å². The van der Waals surface area contributed by atoms with Crippen LogP contribution in [-0.2, 0) is 0 Å². The molecule has 38 heavy (non-hydrogen) atoms. The van der Waals surface area contributed by atoms with E-state index in [1.54, 1.807) is 35.4 Å². The zero-order chi connectivity index (χ0) is 26.5. The number of carbonyl (C=O) groups excluding carboxylic acids is 1. The van der Waals surface area contributed by atoms with Crippen LogP contribution in [0.1, 0.15) is 36.3 Å². The molecule has 1 aliphatic carbocycles. The van der Waals surface area contributed by atoms with Crippen LogP contribution in [-0.4, -0.2) is 84.1 Å². The van der Waals surface area contributed by atoms with Gasteiger partial charge in [0.25, 0.3) is 0 Å². The van der Waals surface area contributed by atoms with E-state index < -0.39 is 0 Å². The largest absolute Gasteiger partial charge is 0.369 e. The van der Waals surface area contributed by atoms with Gasteiger partial charge in [0, 0.05) is 70.1 Å². The number of hydrogen-bond donors (Lipinski definition) is 2. The summed E-state index contributed by atoms with van der Waals surface area (Å²) in [7, 11) is 3.91. The first-order valence-corrected chi connectivity index (χ1v) is 13.3. The summed E-state index contributed by atoms with van der Waals surface area (Å²) in [6.45, 7) is 5.34. The number of urea groups is 1. The number of nitrogens with zero attached hydrogens (tertiary/aromatic N) is 7.